The van der Waals surface area contributed by atoms with Crippen LogP contribution in [0.3, 0.4) is 0 Å². The SMILES string of the molecule is CNc1ncnc(N2CCC(C(C)(C)C)CC2)c1[N+](=O)[O-]. The summed E-state index contributed by atoms with van der Waals surface area (Å²) in [5, 5.41) is 14.1. The van der Waals surface area contributed by atoms with Gasteiger partial charge in [0.05, 0.1) is 4.92 Å². The van der Waals surface area contributed by atoms with E-state index in [4.69, 9.17) is 0 Å². The first-order valence-corrected chi connectivity index (χ1v) is 7.26. The first-order chi connectivity index (χ1) is 9.84. The summed E-state index contributed by atoms with van der Waals surface area (Å²) in [6.45, 7) is 8.34. The van der Waals surface area contributed by atoms with Crippen LogP contribution in [-0.4, -0.2) is 35.0 Å². The van der Waals surface area contributed by atoms with Crippen molar-refractivity contribution in [3.63, 3.8) is 0 Å². The predicted octanol–water partition coefficient (Wildman–Crippen LogP) is 2.69. The molecule has 1 aliphatic rings. The summed E-state index contributed by atoms with van der Waals surface area (Å²) < 4.78 is 0. The molecular weight excluding hydrogens is 270 g/mol. The molecule has 21 heavy (non-hydrogen) atoms. The smallest absolute Gasteiger partial charge is 0.353 e. The summed E-state index contributed by atoms with van der Waals surface area (Å²) >= 11 is 0. The fraction of sp³-hybridized carbons (Fsp3) is 0.714. The molecule has 1 N–H and O–H groups in total. The lowest BCUT2D eigenvalue weighted by atomic mass is 9.75. The molecule has 0 saturated carbocycles. The Morgan fingerprint density at radius 1 is 1.33 bits per heavy atom. The fourth-order valence-electron chi connectivity index (χ4n) is 2.91. The Labute approximate surface area is 124 Å². The molecule has 2 heterocycles. The molecule has 0 aliphatic carbocycles. The van der Waals surface area contributed by atoms with E-state index >= 15 is 0 Å². The number of piperidine rings is 1. The molecule has 0 atom stereocenters. The molecule has 2 rings (SSSR count). The van der Waals surface area contributed by atoms with Crippen LogP contribution in [-0.2, 0) is 0 Å². The van der Waals surface area contributed by atoms with Gasteiger partial charge in [-0.3, -0.25) is 10.1 Å². The molecule has 1 aromatic heterocycles. The van der Waals surface area contributed by atoms with Crippen molar-refractivity contribution in [1.29, 1.82) is 0 Å². The molecule has 116 valence electrons. The highest BCUT2D eigenvalue weighted by Crippen LogP contribution is 2.38. The molecule has 1 fully saturated rings. The van der Waals surface area contributed by atoms with Crippen molar-refractivity contribution in [3.8, 4) is 0 Å². The molecule has 0 unspecified atom stereocenters. The number of aromatic nitrogens is 2. The minimum Gasteiger partial charge on any atom is -0.367 e. The third-order valence-corrected chi connectivity index (χ3v) is 4.24. The van der Waals surface area contributed by atoms with Crippen LogP contribution in [0.4, 0.5) is 17.3 Å². The van der Waals surface area contributed by atoms with Gasteiger partial charge in [0.2, 0.25) is 11.6 Å². The number of hydrogen-bond acceptors (Lipinski definition) is 6. The van der Waals surface area contributed by atoms with Crippen molar-refractivity contribution in [2.75, 3.05) is 30.4 Å². The first-order valence-electron chi connectivity index (χ1n) is 7.26. The number of nitrogens with zero attached hydrogens (tertiary/aromatic N) is 4. The Bertz CT molecular complexity index is 519. The lowest BCUT2D eigenvalue weighted by molar-refractivity contribution is -0.383. The highest BCUT2D eigenvalue weighted by atomic mass is 16.6. The lowest BCUT2D eigenvalue weighted by Gasteiger charge is -2.39. The average Bonchev–Trinajstić information content (AvgIpc) is 2.45. The van der Waals surface area contributed by atoms with E-state index in [1.165, 1.54) is 6.33 Å². The maximum Gasteiger partial charge on any atom is 0.353 e. The van der Waals surface area contributed by atoms with Crippen molar-refractivity contribution in [1.82, 2.24) is 9.97 Å². The first kappa shape index (κ1) is 15.5. The zero-order chi connectivity index (χ0) is 15.6. The van der Waals surface area contributed by atoms with Gasteiger partial charge in [-0.2, -0.15) is 0 Å². The van der Waals surface area contributed by atoms with Crippen molar-refractivity contribution in [2.45, 2.75) is 33.6 Å². The normalized spacial score (nSPS) is 16.9. The van der Waals surface area contributed by atoms with Crippen LogP contribution >= 0.6 is 0 Å². The second kappa shape index (κ2) is 5.83. The van der Waals surface area contributed by atoms with Gasteiger partial charge in [-0.15, -0.1) is 0 Å². The molecule has 0 spiro atoms. The van der Waals surface area contributed by atoms with Gasteiger partial charge in [0.25, 0.3) is 0 Å². The van der Waals surface area contributed by atoms with E-state index in [-0.39, 0.29) is 16.9 Å². The van der Waals surface area contributed by atoms with Crippen LogP contribution in [0.5, 0.6) is 0 Å². The quantitative estimate of drug-likeness (QED) is 0.681. The van der Waals surface area contributed by atoms with E-state index in [1.54, 1.807) is 7.05 Å². The Kier molecular flexibility index (Phi) is 4.29. The monoisotopic (exact) mass is 293 g/mol. The number of anilines is 2. The molecule has 7 heteroatoms. The summed E-state index contributed by atoms with van der Waals surface area (Å²) in [6.07, 6.45) is 3.43. The van der Waals surface area contributed by atoms with Gasteiger partial charge in [-0.25, -0.2) is 9.97 Å². The molecule has 0 amide bonds. The second-order valence-corrected chi connectivity index (χ2v) is 6.53. The van der Waals surface area contributed by atoms with Crippen LogP contribution in [0.15, 0.2) is 6.33 Å². The molecule has 1 saturated heterocycles. The number of nitrogens with one attached hydrogen (secondary N) is 1. The van der Waals surface area contributed by atoms with E-state index < -0.39 is 4.92 Å². The molecular formula is C14H23N5O2. The van der Waals surface area contributed by atoms with Crippen LogP contribution in [0.2, 0.25) is 0 Å². The summed E-state index contributed by atoms with van der Waals surface area (Å²) in [6, 6.07) is 0. The van der Waals surface area contributed by atoms with Crippen molar-refractivity contribution >= 4 is 17.3 Å². The third kappa shape index (κ3) is 3.22. The zero-order valence-corrected chi connectivity index (χ0v) is 13.1. The predicted molar refractivity (Wildman–Crippen MR) is 82.6 cm³/mol. The Morgan fingerprint density at radius 2 is 1.95 bits per heavy atom. The molecule has 0 bridgehead atoms. The molecule has 7 nitrogen and oxygen atoms in total. The largest absolute Gasteiger partial charge is 0.367 e. The van der Waals surface area contributed by atoms with Gasteiger partial charge in [0, 0.05) is 20.1 Å². The zero-order valence-electron chi connectivity index (χ0n) is 13.1. The maximum atomic E-state index is 11.3. The summed E-state index contributed by atoms with van der Waals surface area (Å²) in [5.74, 6) is 1.33. The number of hydrogen-bond donors (Lipinski definition) is 1. The highest BCUT2D eigenvalue weighted by Gasteiger charge is 2.33. The van der Waals surface area contributed by atoms with Crippen molar-refractivity contribution in [3.05, 3.63) is 16.4 Å². The third-order valence-electron chi connectivity index (χ3n) is 4.24. The van der Waals surface area contributed by atoms with Gasteiger partial charge in [-0.1, -0.05) is 20.8 Å². The number of nitro groups is 1. The standard InChI is InChI=1S/C14H23N5O2/c1-14(2,3)10-5-7-18(8-6-10)13-11(19(20)21)12(15-4)16-9-17-13/h9-10H,5-8H2,1-4H3,(H,15,16,17). The molecule has 0 radical (unpaired) electrons. The fourth-order valence-corrected chi connectivity index (χ4v) is 2.91. The molecule has 0 aromatic carbocycles. The maximum absolute atomic E-state index is 11.3. The highest BCUT2D eigenvalue weighted by molar-refractivity contribution is 5.70. The Morgan fingerprint density at radius 3 is 2.43 bits per heavy atom. The second-order valence-electron chi connectivity index (χ2n) is 6.53. The van der Waals surface area contributed by atoms with E-state index in [1.807, 2.05) is 4.90 Å². The molecule has 1 aromatic rings. The van der Waals surface area contributed by atoms with E-state index in [9.17, 15) is 10.1 Å². The minimum absolute atomic E-state index is 0.0331. The topological polar surface area (TPSA) is 84.2 Å². The van der Waals surface area contributed by atoms with Gasteiger partial charge >= 0.3 is 5.69 Å². The van der Waals surface area contributed by atoms with Crippen LogP contribution < -0.4 is 10.2 Å². The van der Waals surface area contributed by atoms with Crippen molar-refractivity contribution < 1.29 is 4.92 Å². The van der Waals surface area contributed by atoms with Crippen LogP contribution in [0.25, 0.3) is 0 Å². The summed E-state index contributed by atoms with van der Waals surface area (Å²) in [5.41, 5.74) is 0.244. The minimum atomic E-state index is -0.406. The Balaban J connectivity index is 2.23. The van der Waals surface area contributed by atoms with E-state index in [2.05, 4.69) is 36.1 Å². The summed E-state index contributed by atoms with van der Waals surface area (Å²) in [7, 11) is 1.63. The van der Waals surface area contributed by atoms with E-state index in [0.29, 0.717) is 11.7 Å². The van der Waals surface area contributed by atoms with Gasteiger partial charge in [-0.05, 0) is 24.2 Å². The van der Waals surface area contributed by atoms with E-state index in [0.717, 1.165) is 25.9 Å². The van der Waals surface area contributed by atoms with Gasteiger partial charge in [0.1, 0.15) is 6.33 Å². The lowest BCUT2D eigenvalue weighted by Crippen LogP contribution is -2.38. The number of rotatable bonds is 3. The van der Waals surface area contributed by atoms with Gasteiger partial charge < -0.3 is 10.2 Å². The average molecular weight is 293 g/mol. The van der Waals surface area contributed by atoms with Crippen molar-refractivity contribution in [2.24, 2.45) is 11.3 Å². The Hall–Kier alpha value is -1.92. The summed E-state index contributed by atoms with van der Waals surface area (Å²) in [4.78, 5) is 21.0. The van der Waals surface area contributed by atoms with Gasteiger partial charge in [0.15, 0.2) is 0 Å². The van der Waals surface area contributed by atoms with Crippen LogP contribution in [0, 0.1) is 21.4 Å². The van der Waals surface area contributed by atoms with Crippen LogP contribution in [0.1, 0.15) is 33.6 Å². The molecule has 1 aliphatic heterocycles.